The SMILES string of the molecule is CCC(=O)CCC(C)(C)CCOc1ccccc1-c1cnc[nH]1. The van der Waals surface area contributed by atoms with Crippen molar-refractivity contribution < 1.29 is 9.53 Å². The number of ketones is 1. The van der Waals surface area contributed by atoms with Crippen LogP contribution in [0.2, 0.25) is 0 Å². The first kappa shape index (κ1) is 17.3. The normalized spacial score (nSPS) is 11.4. The summed E-state index contributed by atoms with van der Waals surface area (Å²) in [6, 6.07) is 7.96. The van der Waals surface area contributed by atoms with Gasteiger partial charge in [0.15, 0.2) is 0 Å². The summed E-state index contributed by atoms with van der Waals surface area (Å²) >= 11 is 0. The summed E-state index contributed by atoms with van der Waals surface area (Å²) in [5, 5.41) is 0. The van der Waals surface area contributed by atoms with E-state index in [1.165, 1.54) is 0 Å². The van der Waals surface area contributed by atoms with Crippen molar-refractivity contribution in [3.63, 3.8) is 0 Å². The topological polar surface area (TPSA) is 55.0 Å². The molecule has 0 unspecified atom stereocenters. The summed E-state index contributed by atoms with van der Waals surface area (Å²) < 4.78 is 6.00. The molecule has 0 aliphatic carbocycles. The molecule has 1 aromatic heterocycles. The zero-order valence-corrected chi connectivity index (χ0v) is 14.3. The Bertz CT molecular complexity index is 618. The van der Waals surface area contributed by atoms with Gasteiger partial charge in [-0.1, -0.05) is 32.9 Å². The zero-order chi connectivity index (χ0) is 16.7. The largest absolute Gasteiger partial charge is 0.493 e. The number of para-hydroxylation sites is 1. The van der Waals surface area contributed by atoms with Gasteiger partial charge < -0.3 is 9.72 Å². The summed E-state index contributed by atoms with van der Waals surface area (Å²) in [5.41, 5.74) is 2.07. The summed E-state index contributed by atoms with van der Waals surface area (Å²) in [6.45, 7) is 6.95. The number of imidazole rings is 1. The minimum Gasteiger partial charge on any atom is -0.493 e. The molecule has 1 N–H and O–H groups in total. The fraction of sp³-hybridized carbons (Fsp3) is 0.474. The molecule has 0 bridgehead atoms. The molecule has 0 aliphatic heterocycles. The Morgan fingerprint density at radius 3 is 2.74 bits per heavy atom. The van der Waals surface area contributed by atoms with Crippen LogP contribution >= 0.6 is 0 Å². The van der Waals surface area contributed by atoms with Crippen LogP contribution < -0.4 is 4.74 Å². The van der Waals surface area contributed by atoms with Crippen LogP contribution in [0.4, 0.5) is 0 Å². The zero-order valence-electron chi connectivity index (χ0n) is 14.3. The lowest BCUT2D eigenvalue weighted by Gasteiger charge is -2.24. The maximum absolute atomic E-state index is 11.5. The minimum atomic E-state index is 0.105. The lowest BCUT2D eigenvalue weighted by atomic mass is 9.84. The second-order valence-electron chi connectivity index (χ2n) is 6.62. The maximum Gasteiger partial charge on any atom is 0.132 e. The Kier molecular flexibility index (Phi) is 5.97. The summed E-state index contributed by atoms with van der Waals surface area (Å²) in [7, 11) is 0. The highest BCUT2D eigenvalue weighted by Gasteiger charge is 2.19. The van der Waals surface area contributed by atoms with E-state index in [9.17, 15) is 4.79 Å². The molecule has 23 heavy (non-hydrogen) atoms. The van der Waals surface area contributed by atoms with Crippen molar-refractivity contribution in [3.8, 4) is 17.0 Å². The predicted octanol–water partition coefficient (Wildman–Crippen LogP) is 4.63. The number of aromatic nitrogens is 2. The molecule has 0 aliphatic rings. The van der Waals surface area contributed by atoms with Crippen LogP contribution in [0.3, 0.4) is 0 Å². The molecule has 124 valence electrons. The van der Waals surface area contributed by atoms with E-state index in [0.717, 1.165) is 29.8 Å². The molecule has 4 heteroatoms. The first-order chi connectivity index (χ1) is 11.0. The molecule has 0 spiro atoms. The van der Waals surface area contributed by atoms with Gasteiger partial charge in [-0.15, -0.1) is 0 Å². The van der Waals surface area contributed by atoms with Crippen molar-refractivity contribution in [2.45, 2.75) is 46.5 Å². The molecule has 0 amide bonds. The van der Waals surface area contributed by atoms with Gasteiger partial charge >= 0.3 is 0 Å². The number of hydrogen-bond acceptors (Lipinski definition) is 3. The van der Waals surface area contributed by atoms with Crippen LogP contribution in [0.1, 0.15) is 46.5 Å². The quantitative estimate of drug-likeness (QED) is 0.734. The van der Waals surface area contributed by atoms with E-state index in [0.29, 0.717) is 25.2 Å². The Balaban J connectivity index is 1.90. The Morgan fingerprint density at radius 2 is 2.04 bits per heavy atom. The minimum absolute atomic E-state index is 0.105. The average Bonchev–Trinajstić information content (AvgIpc) is 3.07. The monoisotopic (exact) mass is 314 g/mol. The van der Waals surface area contributed by atoms with Gasteiger partial charge in [0.2, 0.25) is 0 Å². The number of nitrogens with one attached hydrogen (secondary N) is 1. The number of benzene rings is 1. The molecule has 2 rings (SSSR count). The van der Waals surface area contributed by atoms with Crippen LogP contribution in [0.5, 0.6) is 5.75 Å². The number of carbonyl (C=O) groups excluding carboxylic acids is 1. The smallest absolute Gasteiger partial charge is 0.132 e. The van der Waals surface area contributed by atoms with Crippen molar-refractivity contribution in [2.24, 2.45) is 5.41 Å². The van der Waals surface area contributed by atoms with Crippen molar-refractivity contribution in [1.82, 2.24) is 9.97 Å². The molecule has 0 atom stereocenters. The summed E-state index contributed by atoms with van der Waals surface area (Å²) in [4.78, 5) is 18.7. The van der Waals surface area contributed by atoms with E-state index < -0.39 is 0 Å². The Morgan fingerprint density at radius 1 is 1.26 bits per heavy atom. The van der Waals surface area contributed by atoms with Gasteiger partial charge in [0.25, 0.3) is 0 Å². The standard InChI is InChI=1S/C19H26N2O2/c1-4-15(22)9-10-19(2,3)11-12-23-18-8-6-5-7-16(18)17-13-20-14-21-17/h5-8,13-14H,4,9-12H2,1-3H3,(H,20,21). The lowest BCUT2D eigenvalue weighted by molar-refractivity contribution is -0.119. The number of carbonyl (C=O) groups is 1. The van der Waals surface area contributed by atoms with Crippen LogP contribution in [-0.4, -0.2) is 22.4 Å². The first-order valence-electron chi connectivity index (χ1n) is 8.24. The average molecular weight is 314 g/mol. The van der Waals surface area contributed by atoms with Gasteiger partial charge in [-0.3, -0.25) is 4.79 Å². The van der Waals surface area contributed by atoms with Gasteiger partial charge in [0, 0.05) is 18.4 Å². The first-order valence-corrected chi connectivity index (χ1v) is 8.24. The van der Waals surface area contributed by atoms with E-state index in [4.69, 9.17) is 4.74 Å². The molecule has 1 aromatic carbocycles. The van der Waals surface area contributed by atoms with Gasteiger partial charge in [-0.25, -0.2) is 4.98 Å². The summed E-state index contributed by atoms with van der Waals surface area (Å²) in [5.74, 6) is 1.20. The van der Waals surface area contributed by atoms with Gasteiger partial charge in [-0.2, -0.15) is 0 Å². The second kappa shape index (κ2) is 7.95. The number of nitrogens with zero attached hydrogens (tertiary/aromatic N) is 1. The molecular weight excluding hydrogens is 288 g/mol. The third kappa shape index (κ3) is 5.23. The van der Waals surface area contributed by atoms with Crippen molar-refractivity contribution >= 4 is 5.78 Å². The van der Waals surface area contributed by atoms with Gasteiger partial charge in [0.05, 0.1) is 24.8 Å². The number of hydrogen-bond donors (Lipinski definition) is 1. The molecule has 1 heterocycles. The van der Waals surface area contributed by atoms with Crippen LogP contribution in [0.25, 0.3) is 11.3 Å². The van der Waals surface area contributed by atoms with E-state index in [2.05, 4.69) is 23.8 Å². The molecular formula is C19H26N2O2. The number of ether oxygens (including phenoxy) is 1. The van der Waals surface area contributed by atoms with Crippen molar-refractivity contribution in [1.29, 1.82) is 0 Å². The lowest BCUT2D eigenvalue weighted by Crippen LogP contribution is -2.17. The molecule has 0 saturated heterocycles. The van der Waals surface area contributed by atoms with E-state index in [-0.39, 0.29) is 5.41 Å². The Hall–Kier alpha value is -2.10. The highest BCUT2D eigenvalue weighted by molar-refractivity contribution is 5.77. The second-order valence-corrected chi connectivity index (χ2v) is 6.62. The van der Waals surface area contributed by atoms with Gasteiger partial charge in [0.1, 0.15) is 11.5 Å². The molecule has 0 radical (unpaired) electrons. The van der Waals surface area contributed by atoms with E-state index in [1.54, 1.807) is 12.5 Å². The van der Waals surface area contributed by atoms with Crippen LogP contribution in [0.15, 0.2) is 36.8 Å². The third-order valence-electron chi connectivity index (χ3n) is 4.19. The third-order valence-corrected chi connectivity index (χ3v) is 4.19. The molecule has 4 nitrogen and oxygen atoms in total. The molecule has 0 saturated carbocycles. The summed E-state index contributed by atoms with van der Waals surface area (Å²) in [6.07, 6.45) is 6.58. The van der Waals surface area contributed by atoms with E-state index >= 15 is 0 Å². The maximum atomic E-state index is 11.5. The van der Waals surface area contributed by atoms with Crippen LogP contribution in [0, 0.1) is 5.41 Å². The highest BCUT2D eigenvalue weighted by atomic mass is 16.5. The number of Topliss-reactive ketones (excluding diaryl/α,β-unsaturated/α-hetero) is 1. The van der Waals surface area contributed by atoms with Crippen LogP contribution in [-0.2, 0) is 4.79 Å². The van der Waals surface area contributed by atoms with Crippen molar-refractivity contribution in [2.75, 3.05) is 6.61 Å². The number of H-pyrrole nitrogens is 1. The molecule has 0 fully saturated rings. The fourth-order valence-corrected chi connectivity index (χ4v) is 2.44. The Labute approximate surface area is 138 Å². The number of aromatic amines is 1. The van der Waals surface area contributed by atoms with Crippen molar-refractivity contribution in [3.05, 3.63) is 36.8 Å². The highest BCUT2D eigenvalue weighted by Crippen LogP contribution is 2.30. The predicted molar refractivity (Wildman–Crippen MR) is 92.4 cm³/mol. The van der Waals surface area contributed by atoms with E-state index in [1.807, 2.05) is 31.2 Å². The van der Waals surface area contributed by atoms with Gasteiger partial charge in [-0.05, 0) is 30.4 Å². The number of rotatable bonds is 9. The fourth-order valence-electron chi connectivity index (χ4n) is 2.44. The molecule has 2 aromatic rings.